The highest BCUT2D eigenvalue weighted by molar-refractivity contribution is 5.95. The van der Waals surface area contributed by atoms with Gasteiger partial charge < -0.3 is 4.90 Å². The molecule has 4 nitrogen and oxygen atoms in total. The molecule has 1 aliphatic heterocycles. The molecule has 0 bridgehead atoms. The molecule has 1 amide bonds. The van der Waals surface area contributed by atoms with Gasteiger partial charge in [0.15, 0.2) is 0 Å². The molecule has 0 spiro atoms. The Morgan fingerprint density at radius 1 is 1.36 bits per heavy atom. The van der Waals surface area contributed by atoms with Crippen molar-refractivity contribution in [2.75, 3.05) is 11.4 Å². The summed E-state index contributed by atoms with van der Waals surface area (Å²) in [5.41, 5.74) is 7.52. The van der Waals surface area contributed by atoms with Gasteiger partial charge in [-0.15, -0.1) is 0 Å². The van der Waals surface area contributed by atoms with Crippen molar-refractivity contribution >= 4 is 17.8 Å². The smallest absolute Gasteiger partial charge is 0.271 e. The van der Waals surface area contributed by atoms with Crippen molar-refractivity contribution in [3.05, 3.63) is 64.5 Å². The van der Waals surface area contributed by atoms with E-state index in [1.165, 1.54) is 29.4 Å². The molecule has 0 fully saturated rings. The van der Waals surface area contributed by atoms with E-state index in [0.29, 0.717) is 5.92 Å². The lowest BCUT2D eigenvalue weighted by Gasteiger charge is -2.47. The van der Waals surface area contributed by atoms with Gasteiger partial charge in [-0.2, -0.15) is 5.10 Å². The van der Waals surface area contributed by atoms with Gasteiger partial charge >= 0.3 is 0 Å². The summed E-state index contributed by atoms with van der Waals surface area (Å²) in [6.07, 6.45) is 2.75. The fraction of sp³-hybridized carbons (Fsp3) is 0.391. The zero-order chi connectivity index (χ0) is 20.5. The number of hydrazone groups is 1. The fourth-order valence-corrected chi connectivity index (χ4v) is 4.24. The van der Waals surface area contributed by atoms with Crippen molar-refractivity contribution in [2.45, 2.75) is 52.5 Å². The van der Waals surface area contributed by atoms with Crippen LogP contribution in [0.5, 0.6) is 0 Å². The monoisotopic (exact) mass is 381 g/mol. The van der Waals surface area contributed by atoms with Crippen LogP contribution in [0.3, 0.4) is 0 Å². The summed E-state index contributed by atoms with van der Waals surface area (Å²) >= 11 is 0. The maximum Gasteiger partial charge on any atom is 0.271 e. The van der Waals surface area contributed by atoms with Crippen LogP contribution in [0.4, 0.5) is 10.1 Å². The first-order valence-corrected chi connectivity index (χ1v) is 9.74. The Kier molecular flexibility index (Phi) is 5.54. The van der Waals surface area contributed by atoms with Crippen LogP contribution in [0.15, 0.2) is 41.5 Å². The Hall–Kier alpha value is -2.69. The molecule has 0 unspecified atom stereocenters. The van der Waals surface area contributed by atoms with Crippen LogP contribution in [0.1, 0.15) is 67.1 Å². The Balaban J connectivity index is 1.83. The highest BCUT2D eigenvalue weighted by Gasteiger charge is 2.35. The third-order valence-electron chi connectivity index (χ3n) is 5.55. The maximum absolute atomic E-state index is 13.3. The number of benzene rings is 2. The topological polar surface area (TPSA) is 44.7 Å². The van der Waals surface area contributed by atoms with E-state index in [9.17, 15) is 9.18 Å². The zero-order valence-corrected chi connectivity index (χ0v) is 17.2. The lowest BCUT2D eigenvalue weighted by atomic mass is 9.79. The van der Waals surface area contributed by atoms with Crippen molar-refractivity contribution in [1.82, 2.24) is 5.43 Å². The van der Waals surface area contributed by atoms with E-state index in [1.54, 1.807) is 12.3 Å². The molecule has 1 aliphatic rings. The van der Waals surface area contributed by atoms with Crippen LogP contribution in [0.2, 0.25) is 0 Å². The lowest BCUT2D eigenvalue weighted by Crippen LogP contribution is -2.48. The van der Waals surface area contributed by atoms with Crippen molar-refractivity contribution in [2.24, 2.45) is 5.10 Å². The highest BCUT2D eigenvalue weighted by Crippen LogP contribution is 2.43. The molecule has 0 aromatic heterocycles. The van der Waals surface area contributed by atoms with Gasteiger partial charge in [0.1, 0.15) is 5.82 Å². The van der Waals surface area contributed by atoms with E-state index in [2.05, 4.69) is 62.2 Å². The van der Waals surface area contributed by atoms with Crippen LogP contribution in [0.25, 0.3) is 0 Å². The molecular formula is C23H28FN3O. The van der Waals surface area contributed by atoms with Crippen LogP contribution in [-0.2, 0) is 0 Å². The molecule has 28 heavy (non-hydrogen) atoms. The standard InChI is InChI=1S/C23H28FN3O/c1-6-27-21-10-15(2)18(12-20(21)16(3)13-23(27,4)5)14-25-26-22(28)17-8-7-9-19(24)11-17/h7-12,14,16H,6,13H2,1-5H3,(H,26,28)/b25-14-/t16-/m0/s1. The molecule has 2 aromatic carbocycles. The first kappa shape index (κ1) is 20.1. The first-order valence-electron chi connectivity index (χ1n) is 9.74. The van der Waals surface area contributed by atoms with Crippen LogP contribution < -0.4 is 10.3 Å². The summed E-state index contributed by atoms with van der Waals surface area (Å²) in [5.74, 6) is -0.430. The van der Waals surface area contributed by atoms with Gasteiger partial charge in [-0.1, -0.05) is 13.0 Å². The first-order chi connectivity index (χ1) is 13.2. The minimum absolute atomic E-state index is 0.127. The number of carbonyl (C=O) groups excluding carboxylic acids is 1. The largest absolute Gasteiger partial charge is 0.366 e. The van der Waals surface area contributed by atoms with E-state index < -0.39 is 11.7 Å². The van der Waals surface area contributed by atoms with Crippen LogP contribution in [-0.4, -0.2) is 24.2 Å². The molecule has 5 heteroatoms. The predicted molar refractivity (Wildman–Crippen MR) is 113 cm³/mol. The molecule has 1 N–H and O–H groups in total. The number of anilines is 1. The summed E-state index contributed by atoms with van der Waals surface area (Å²) in [5, 5.41) is 4.09. The fourth-order valence-electron chi connectivity index (χ4n) is 4.24. The molecular weight excluding hydrogens is 353 g/mol. The third kappa shape index (κ3) is 3.93. The molecule has 3 rings (SSSR count). The van der Waals surface area contributed by atoms with E-state index in [0.717, 1.165) is 24.1 Å². The predicted octanol–water partition coefficient (Wildman–Crippen LogP) is 5.01. The number of hydrogen-bond acceptors (Lipinski definition) is 3. The molecule has 1 heterocycles. The minimum atomic E-state index is -0.445. The van der Waals surface area contributed by atoms with E-state index in [-0.39, 0.29) is 11.1 Å². The summed E-state index contributed by atoms with van der Waals surface area (Å²) in [7, 11) is 0. The van der Waals surface area contributed by atoms with Gasteiger partial charge in [0, 0.05) is 23.3 Å². The molecule has 148 valence electrons. The van der Waals surface area contributed by atoms with Gasteiger partial charge in [0.2, 0.25) is 0 Å². The number of nitrogens with one attached hydrogen (secondary N) is 1. The van der Waals surface area contributed by atoms with Crippen molar-refractivity contribution in [3.63, 3.8) is 0 Å². The average molecular weight is 381 g/mol. The van der Waals surface area contributed by atoms with E-state index >= 15 is 0 Å². The summed E-state index contributed by atoms with van der Waals surface area (Å²) in [6, 6.07) is 9.94. The molecule has 2 aromatic rings. The summed E-state index contributed by atoms with van der Waals surface area (Å²) in [4.78, 5) is 14.6. The Labute approximate surface area is 166 Å². The molecule has 1 atom stereocenters. The maximum atomic E-state index is 13.3. The normalized spacial score (nSPS) is 18.2. The average Bonchev–Trinajstić information content (AvgIpc) is 2.62. The number of aryl methyl sites for hydroxylation is 1. The second-order valence-electron chi connectivity index (χ2n) is 8.14. The van der Waals surface area contributed by atoms with E-state index in [4.69, 9.17) is 0 Å². The second kappa shape index (κ2) is 7.74. The molecule has 0 saturated carbocycles. The molecule has 0 saturated heterocycles. The number of fused-ring (bicyclic) bond motifs is 1. The van der Waals surface area contributed by atoms with Gasteiger partial charge in [-0.25, -0.2) is 9.82 Å². The Morgan fingerprint density at radius 3 is 2.79 bits per heavy atom. The zero-order valence-electron chi connectivity index (χ0n) is 17.2. The van der Waals surface area contributed by atoms with Gasteiger partial charge in [0.25, 0.3) is 5.91 Å². The second-order valence-corrected chi connectivity index (χ2v) is 8.14. The van der Waals surface area contributed by atoms with Crippen molar-refractivity contribution < 1.29 is 9.18 Å². The number of hydrogen-bond donors (Lipinski definition) is 1. The third-order valence-corrected chi connectivity index (χ3v) is 5.55. The Bertz CT molecular complexity index is 920. The van der Waals surface area contributed by atoms with Gasteiger partial charge in [-0.3, -0.25) is 4.79 Å². The van der Waals surface area contributed by atoms with Gasteiger partial charge in [0.05, 0.1) is 6.21 Å². The summed E-state index contributed by atoms with van der Waals surface area (Å²) in [6.45, 7) is 12.0. The number of nitrogens with zero attached hydrogens (tertiary/aromatic N) is 2. The summed E-state index contributed by atoms with van der Waals surface area (Å²) < 4.78 is 13.3. The SMILES string of the molecule is CCN1c2cc(C)c(/C=N\NC(=O)c3cccc(F)c3)cc2[C@@H](C)CC1(C)C. The van der Waals surface area contributed by atoms with E-state index in [1.807, 2.05) is 0 Å². The minimum Gasteiger partial charge on any atom is -0.366 e. The molecule has 0 aliphatic carbocycles. The number of amides is 1. The number of halogens is 1. The van der Waals surface area contributed by atoms with Crippen LogP contribution >= 0.6 is 0 Å². The van der Waals surface area contributed by atoms with Gasteiger partial charge in [-0.05, 0) is 87.1 Å². The quantitative estimate of drug-likeness (QED) is 0.598. The van der Waals surface area contributed by atoms with Crippen molar-refractivity contribution in [3.8, 4) is 0 Å². The lowest BCUT2D eigenvalue weighted by molar-refractivity contribution is 0.0954. The Morgan fingerprint density at radius 2 is 2.11 bits per heavy atom. The highest BCUT2D eigenvalue weighted by atomic mass is 19.1. The van der Waals surface area contributed by atoms with Crippen molar-refractivity contribution in [1.29, 1.82) is 0 Å². The molecule has 0 radical (unpaired) electrons. The number of rotatable bonds is 4. The number of carbonyl (C=O) groups is 1. The van der Waals surface area contributed by atoms with Crippen LogP contribution in [0, 0.1) is 12.7 Å².